The van der Waals surface area contributed by atoms with Crippen LogP contribution < -0.4 is 5.32 Å². The van der Waals surface area contributed by atoms with Gasteiger partial charge in [0, 0.05) is 24.8 Å². The Bertz CT molecular complexity index is 462. The van der Waals surface area contributed by atoms with E-state index in [0.717, 1.165) is 29.9 Å². The molecule has 0 saturated heterocycles. The van der Waals surface area contributed by atoms with Crippen molar-refractivity contribution in [3.8, 4) is 11.3 Å². The third-order valence-corrected chi connectivity index (χ3v) is 2.50. The van der Waals surface area contributed by atoms with Crippen LogP contribution in [0.5, 0.6) is 0 Å². The lowest BCUT2D eigenvalue weighted by Crippen LogP contribution is -2.01. The Morgan fingerprint density at radius 3 is 3.00 bits per heavy atom. The first-order chi connectivity index (χ1) is 7.85. The number of anilines is 1. The summed E-state index contributed by atoms with van der Waals surface area (Å²) in [6, 6.07) is 8.25. The number of aromatic nitrogens is 3. The Labute approximate surface area is 95.3 Å². The van der Waals surface area contributed by atoms with E-state index in [2.05, 4.69) is 34.7 Å². The number of nitrogens with one attached hydrogen (secondary N) is 1. The number of benzene rings is 1. The summed E-state index contributed by atoms with van der Waals surface area (Å²) in [6.07, 6.45) is 2.87. The molecule has 4 heteroatoms. The van der Waals surface area contributed by atoms with Gasteiger partial charge >= 0.3 is 0 Å². The molecule has 16 heavy (non-hydrogen) atoms. The maximum Gasteiger partial charge on any atom is 0.0886 e. The van der Waals surface area contributed by atoms with Crippen molar-refractivity contribution in [2.24, 2.45) is 0 Å². The van der Waals surface area contributed by atoms with Gasteiger partial charge in [0.1, 0.15) is 0 Å². The first-order valence-corrected chi connectivity index (χ1v) is 5.52. The van der Waals surface area contributed by atoms with Crippen LogP contribution in [0.15, 0.2) is 30.5 Å². The largest absolute Gasteiger partial charge is 0.388 e. The van der Waals surface area contributed by atoms with Crippen LogP contribution in [0.4, 0.5) is 5.69 Å². The van der Waals surface area contributed by atoms with Gasteiger partial charge in [-0.15, -0.1) is 5.10 Å². The molecule has 2 aromatic rings. The smallest absolute Gasteiger partial charge is 0.0886 e. The number of hydrogen-bond donors (Lipinski definition) is 1. The van der Waals surface area contributed by atoms with Crippen molar-refractivity contribution in [1.82, 2.24) is 15.0 Å². The molecule has 0 bridgehead atoms. The van der Waals surface area contributed by atoms with E-state index < -0.39 is 0 Å². The average molecular weight is 216 g/mol. The second-order valence-electron chi connectivity index (χ2n) is 3.67. The van der Waals surface area contributed by atoms with Crippen LogP contribution >= 0.6 is 0 Å². The van der Waals surface area contributed by atoms with Gasteiger partial charge < -0.3 is 5.32 Å². The van der Waals surface area contributed by atoms with Gasteiger partial charge in [0.2, 0.25) is 0 Å². The molecule has 1 aromatic carbocycles. The van der Waals surface area contributed by atoms with E-state index in [1.165, 1.54) is 0 Å². The molecule has 0 aliphatic carbocycles. The van der Waals surface area contributed by atoms with E-state index >= 15 is 0 Å². The lowest BCUT2D eigenvalue weighted by atomic mass is 10.1. The molecule has 0 atom stereocenters. The molecular weight excluding hydrogens is 200 g/mol. The molecule has 2 rings (SSSR count). The van der Waals surface area contributed by atoms with E-state index in [-0.39, 0.29) is 0 Å². The summed E-state index contributed by atoms with van der Waals surface area (Å²) in [5, 5.41) is 11.2. The van der Waals surface area contributed by atoms with Crippen molar-refractivity contribution >= 4 is 5.69 Å². The minimum absolute atomic E-state index is 0.902. The highest BCUT2D eigenvalue weighted by atomic mass is 15.4. The fraction of sp³-hybridized carbons (Fsp3) is 0.333. The highest BCUT2D eigenvalue weighted by molar-refractivity contribution is 5.64. The molecule has 84 valence electrons. The zero-order valence-corrected chi connectivity index (χ0v) is 9.64. The number of nitrogens with zero attached hydrogens (tertiary/aromatic N) is 3. The zero-order valence-electron chi connectivity index (χ0n) is 9.64. The maximum absolute atomic E-state index is 4.08. The number of aryl methyl sites for hydroxylation is 1. The molecule has 0 aliphatic heterocycles. The van der Waals surface area contributed by atoms with Crippen LogP contribution in [0.2, 0.25) is 0 Å². The number of rotatable bonds is 4. The second kappa shape index (κ2) is 4.79. The fourth-order valence-electron chi connectivity index (χ4n) is 1.69. The maximum atomic E-state index is 4.08. The van der Waals surface area contributed by atoms with Crippen LogP contribution in [0.1, 0.15) is 13.3 Å². The van der Waals surface area contributed by atoms with Gasteiger partial charge in [-0.05, 0) is 18.6 Å². The molecule has 0 unspecified atom stereocenters. The summed E-state index contributed by atoms with van der Waals surface area (Å²) in [5.74, 6) is 0. The molecule has 4 nitrogen and oxygen atoms in total. The Morgan fingerprint density at radius 2 is 2.25 bits per heavy atom. The summed E-state index contributed by atoms with van der Waals surface area (Å²) in [5.41, 5.74) is 3.31. The Morgan fingerprint density at radius 1 is 1.38 bits per heavy atom. The van der Waals surface area contributed by atoms with Gasteiger partial charge in [0.25, 0.3) is 0 Å². The molecule has 0 saturated carbocycles. The zero-order chi connectivity index (χ0) is 11.4. The molecule has 1 heterocycles. The van der Waals surface area contributed by atoms with Crippen LogP contribution in [0.25, 0.3) is 11.3 Å². The highest BCUT2D eigenvalue weighted by Crippen LogP contribution is 2.21. The molecule has 1 N–H and O–H groups in total. The predicted molar refractivity (Wildman–Crippen MR) is 65.3 cm³/mol. The van der Waals surface area contributed by atoms with Gasteiger partial charge in [-0.2, -0.15) is 0 Å². The average Bonchev–Trinajstić information content (AvgIpc) is 2.78. The van der Waals surface area contributed by atoms with Gasteiger partial charge in [-0.3, -0.25) is 0 Å². The minimum atomic E-state index is 0.902. The van der Waals surface area contributed by atoms with E-state index in [1.54, 1.807) is 0 Å². The molecule has 0 fully saturated rings. The van der Waals surface area contributed by atoms with Crippen LogP contribution in [-0.4, -0.2) is 22.0 Å². The first kappa shape index (κ1) is 10.7. The third kappa shape index (κ3) is 2.05. The number of hydrogen-bond acceptors (Lipinski definition) is 3. The molecule has 1 aromatic heterocycles. The van der Waals surface area contributed by atoms with Crippen molar-refractivity contribution in [2.75, 3.05) is 12.4 Å². The standard InChI is InChI=1S/C12H16N4/c1-3-7-16-12(9-14-15-16)10-5-4-6-11(8-10)13-2/h4-6,8-9,13H,3,7H2,1-2H3. The van der Waals surface area contributed by atoms with E-state index in [0.29, 0.717) is 0 Å². The van der Waals surface area contributed by atoms with Crippen molar-refractivity contribution < 1.29 is 0 Å². The summed E-state index contributed by atoms with van der Waals surface area (Å²) in [4.78, 5) is 0. The first-order valence-electron chi connectivity index (χ1n) is 5.52. The summed E-state index contributed by atoms with van der Waals surface area (Å²) >= 11 is 0. The van der Waals surface area contributed by atoms with Crippen molar-refractivity contribution in [1.29, 1.82) is 0 Å². The highest BCUT2D eigenvalue weighted by Gasteiger charge is 2.05. The Kier molecular flexibility index (Phi) is 3.19. The Hall–Kier alpha value is -1.84. The van der Waals surface area contributed by atoms with Crippen LogP contribution in [0, 0.1) is 0 Å². The monoisotopic (exact) mass is 216 g/mol. The molecule has 0 radical (unpaired) electrons. The van der Waals surface area contributed by atoms with Gasteiger partial charge in [0.15, 0.2) is 0 Å². The van der Waals surface area contributed by atoms with E-state index in [9.17, 15) is 0 Å². The van der Waals surface area contributed by atoms with Crippen LogP contribution in [0.3, 0.4) is 0 Å². The minimum Gasteiger partial charge on any atom is -0.388 e. The normalized spacial score (nSPS) is 10.4. The van der Waals surface area contributed by atoms with Gasteiger partial charge in [-0.1, -0.05) is 24.3 Å². The second-order valence-corrected chi connectivity index (χ2v) is 3.67. The molecule has 0 spiro atoms. The summed E-state index contributed by atoms with van der Waals surface area (Å²) in [7, 11) is 1.92. The molecule has 0 aliphatic rings. The SMILES string of the molecule is CCCn1nncc1-c1cccc(NC)c1. The topological polar surface area (TPSA) is 42.7 Å². The summed E-state index contributed by atoms with van der Waals surface area (Å²) < 4.78 is 1.94. The fourth-order valence-corrected chi connectivity index (χ4v) is 1.69. The molecule has 0 amide bonds. The third-order valence-electron chi connectivity index (χ3n) is 2.50. The molecular formula is C12H16N4. The van der Waals surface area contributed by atoms with Gasteiger partial charge in [-0.25, -0.2) is 4.68 Å². The van der Waals surface area contributed by atoms with Crippen LogP contribution in [-0.2, 0) is 6.54 Å². The lowest BCUT2D eigenvalue weighted by molar-refractivity contribution is 0.584. The van der Waals surface area contributed by atoms with E-state index in [1.807, 2.05) is 30.1 Å². The Balaban J connectivity index is 2.37. The van der Waals surface area contributed by atoms with Gasteiger partial charge in [0.05, 0.1) is 11.9 Å². The lowest BCUT2D eigenvalue weighted by Gasteiger charge is -2.06. The predicted octanol–water partition coefficient (Wildman–Crippen LogP) is 2.40. The quantitative estimate of drug-likeness (QED) is 0.853. The van der Waals surface area contributed by atoms with Crippen molar-refractivity contribution in [3.63, 3.8) is 0 Å². The van der Waals surface area contributed by atoms with Crippen molar-refractivity contribution in [3.05, 3.63) is 30.5 Å². The van der Waals surface area contributed by atoms with Crippen molar-refractivity contribution in [2.45, 2.75) is 19.9 Å². The van der Waals surface area contributed by atoms with E-state index in [4.69, 9.17) is 0 Å². The summed E-state index contributed by atoms with van der Waals surface area (Å²) in [6.45, 7) is 3.04.